The monoisotopic (exact) mass is 531 g/mol. The number of aromatic nitrogens is 2. The highest BCUT2D eigenvalue weighted by Crippen LogP contribution is 2.33. The summed E-state index contributed by atoms with van der Waals surface area (Å²) in [5.74, 6) is 1.19. The average Bonchev–Trinajstić information content (AvgIpc) is 3.73. The second kappa shape index (κ2) is 10.2. The number of anilines is 1. The zero-order valence-corrected chi connectivity index (χ0v) is 21.6. The number of ether oxygens (including phenoxy) is 1. The number of aromatic amines is 1. The lowest BCUT2D eigenvalue weighted by atomic mass is 10.0. The number of morpholine rings is 1. The third-order valence-electron chi connectivity index (χ3n) is 6.91. The minimum atomic E-state index is -3.69. The van der Waals surface area contributed by atoms with Gasteiger partial charge in [0.1, 0.15) is 5.82 Å². The summed E-state index contributed by atoms with van der Waals surface area (Å²) >= 11 is 0. The Balaban J connectivity index is 1.42. The number of aromatic hydroxyl groups is 1. The van der Waals surface area contributed by atoms with Gasteiger partial charge in [0, 0.05) is 36.1 Å². The highest BCUT2D eigenvalue weighted by molar-refractivity contribution is 7.89. The van der Waals surface area contributed by atoms with E-state index in [1.165, 1.54) is 0 Å². The normalized spacial score (nSPS) is 16.7. The fourth-order valence-corrected chi connectivity index (χ4v) is 5.75. The molecule has 10 heteroatoms. The largest absolute Gasteiger partial charge is 0.494 e. The Morgan fingerprint density at radius 2 is 1.89 bits per heavy atom. The molecule has 4 aromatic rings. The first-order chi connectivity index (χ1) is 18.5. The number of pyridine rings is 1. The Labute approximate surface area is 221 Å². The molecular weight excluding hydrogens is 502 g/mol. The Morgan fingerprint density at radius 3 is 2.61 bits per heavy atom. The van der Waals surface area contributed by atoms with Crippen molar-refractivity contribution in [3.8, 4) is 5.88 Å². The minimum absolute atomic E-state index is 0.0824. The first kappa shape index (κ1) is 24.6. The number of aliphatic imine (C=N–C) groups is 1. The van der Waals surface area contributed by atoms with E-state index in [0.29, 0.717) is 53.5 Å². The summed E-state index contributed by atoms with van der Waals surface area (Å²) in [4.78, 5) is 14.8. The van der Waals surface area contributed by atoms with Crippen molar-refractivity contribution in [1.29, 1.82) is 0 Å². The van der Waals surface area contributed by atoms with Crippen LogP contribution in [0.2, 0.25) is 0 Å². The standard InChI is InChI=1S/C28H29N5O4S/c34-28-26(23-16-22(9-10-24(23)32-28)38(35,36)30-17-19-6-7-19)27(20-4-2-1-3-5-20)31-21-8-11-25(29-18-21)33-12-14-37-15-13-33/h1-5,8-11,16,18-19,30,32,34H,6-7,12-15,17H2. The number of benzene rings is 2. The summed E-state index contributed by atoms with van der Waals surface area (Å²) < 4.78 is 34.1. The van der Waals surface area contributed by atoms with Crippen LogP contribution in [0.5, 0.6) is 5.88 Å². The lowest BCUT2D eigenvalue weighted by Gasteiger charge is -2.27. The molecular formula is C28H29N5O4S. The third kappa shape index (κ3) is 5.15. The summed E-state index contributed by atoms with van der Waals surface area (Å²) in [7, 11) is -3.69. The van der Waals surface area contributed by atoms with E-state index in [4.69, 9.17) is 9.73 Å². The smallest absolute Gasteiger partial charge is 0.240 e. The second-order valence-corrected chi connectivity index (χ2v) is 11.4. The number of H-pyrrole nitrogens is 1. The van der Waals surface area contributed by atoms with Crippen LogP contribution in [0.15, 0.2) is 76.7 Å². The lowest BCUT2D eigenvalue weighted by molar-refractivity contribution is 0.122. The Hall–Kier alpha value is -3.73. The molecule has 2 aromatic carbocycles. The molecule has 1 saturated carbocycles. The zero-order valence-electron chi connectivity index (χ0n) is 20.8. The van der Waals surface area contributed by atoms with Gasteiger partial charge in [-0.05, 0) is 49.1 Å². The topological polar surface area (TPSA) is 120 Å². The van der Waals surface area contributed by atoms with Crippen molar-refractivity contribution in [2.45, 2.75) is 17.7 Å². The van der Waals surface area contributed by atoms with Gasteiger partial charge in [-0.3, -0.25) is 0 Å². The van der Waals surface area contributed by atoms with Crippen LogP contribution in [-0.2, 0) is 14.8 Å². The first-order valence-electron chi connectivity index (χ1n) is 12.8. The number of sulfonamides is 1. The molecule has 2 fully saturated rings. The maximum absolute atomic E-state index is 13.0. The maximum Gasteiger partial charge on any atom is 0.240 e. The molecule has 2 aliphatic rings. The number of rotatable bonds is 8. The maximum atomic E-state index is 13.0. The van der Waals surface area contributed by atoms with E-state index in [1.54, 1.807) is 24.4 Å². The molecule has 6 rings (SSSR count). The van der Waals surface area contributed by atoms with E-state index in [0.717, 1.165) is 37.3 Å². The predicted molar refractivity (Wildman–Crippen MR) is 147 cm³/mol. The molecule has 38 heavy (non-hydrogen) atoms. The Bertz CT molecular complexity index is 1570. The van der Waals surface area contributed by atoms with E-state index in [1.807, 2.05) is 42.5 Å². The molecule has 1 saturated heterocycles. The van der Waals surface area contributed by atoms with Crippen LogP contribution in [0.1, 0.15) is 24.0 Å². The van der Waals surface area contributed by atoms with Crippen molar-refractivity contribution in [3.63, 3.8) is 0 Å². The molecule has 3 N–H and O–H groups in total. The van der Waals surface area contributed by atoms with E-state index in [9.17, 15) is 13.5 Å². The number of nitrogens with one attached hydrogen (secondary N) is 2. The summed E-state index contributed by atoms with van der Waals surface area (Å²) in [5.41, 5.74) is 2.95. The molecule has 2 aromatic heterocycles. The van der Waals surface area contributed by atoms with Crippen molar-refractivity contribution >= 4 is 38.1 Å². The average molecular weight is 532 g/mol. The molecule has 0 unspecified atom stereocenters. The molecule has 1 aliphatic heterocycles. The molecule has 0 atom stereocenters. The van der Waals surface area contributed by atoms with Crippen LogP contribution in [0.25, 0.3) is 10.9 Å². The third-order valence-corrected chi connectivity index (χ3v) is 8.33. The van der Waals surface area contributed by atoms with E-state index >= 15 is 0 Å². The molecule has 9 nitrogen and oxygen atoms in total. The van der Waals surface area contributed by atoms with Crippen LogP contribution >= 0.6 is 0 Å². The van der Waals surface area contributed by atoms with Crippen molar-refractivity contribution in [2.75, 3.05) is 37.7 Å². The molecule has 196 valence electrons. The summed E-state index contributed by atoms with van der Waals surface area (Å²) in [6, 6.07) is 18.1. The van der Waals surface area contributed by atoms with Gasteiger partial charge in [-0.15, -0.1) is 0 Å². The van der Waals surface area contributed by atoms with Crippen molar-refractivity contribution in [2.24, 2.45) is 10.9 Å². The summed E-state index contributed by atoms with van der Waals surface area (Å²) in [5, 5.41) is 11.6. The zero-order chi connectivity index (χ0) is 26.1. The quantitative estimate of drug-likeness (QED) is 0.296. The molecule has 0 bridgehead atoms. The van der Waals surface area contributed by atoms with Gasteiger partial charge in [-0.2, -0.15) is 0 Å². The van der Waals surface area contributed by atoms with Crippen LogP contribution in [0.3, 0.4) is 0 Å². The summed E-state index contributed by atoms with van der Waals surface area (Å²) in [6.45, 7) is 3.36. The summed E-state index contributed by atoms with van der Waals surface area (Å²) in [6.07, 6.45) is 3.81. The Kier molecular flexibility index (Phi) is 6.61. The molecule has 0 amide bonds. The second-order valence-electron chi connectivity index (χ2n) is 9.65. The van der Waals surface area contributed by atoms with Crippen LogP contribution in [0, 0.1) is 5.92 Å². The van der Waals surface area contributed by atoms with Crippen LogP contribution in [0.4, 0.5) is 11.5 Å². The Morgan fingerprint density at radius 1 is 1.11 bits per heavy atom. The highest BCUT2D eigenvalue weighted by Gasteiger charge is 2.26. The molecule has 0 spiro atoms. The molecule has 1 aliphatic carbocycles. The van der Waals surface area contributed by atoms with Crippen LogP contribution in [-0.4, -0.2) is 62.1 Å². The highest BCUT2D eigenvalue weighted by atomic mass is 32.2. The van der Waals surface area contributed by atoms with Gasteiger partial charge in [0.25, 0.3) is 0 Å². The van der Waals surface area contributed by atoms with Gasteiger partial charge < -0.3 is 19.7 Å². The van der Waals surface area contributed by atoms with Crippen molar-refractivity contribution in [3.05, 3.63) is 78.0 Å². The number of hydrogen-bond donors (Lipinski definition) is 3. The van der Waals surface area contributed by atoms with E-state index < -0.39 is 10.0 Å². The molecule has 3 heterocycles. The van der Waals surface area contributed by atoms with Crippen molar-refractivity contribution < 1.29 is 18.3 Å². The fourth-order valence-electron chi connectivity index (χ4n) is 4.61. The van der Waals surface area contributed by atoms with Crippen molar-refractivity contribution in [1.82, 2.24) is 14.7 Å². The van der Waals surface area contributed by atoms with Gasteiger partial charge >= 0.3 is 0 Å². The van der Waals surface area contributed by atoms with Gasteiger partial charge in [-0.1, -0.05) is 30.3 Å². The first-order valence-corrected chi connectivity index (χ1v) is 14.2. The number of nitrogens with zero attached hydrogens (tertiary/aromatic N) is 3. The van der Waals surface area contributed by atoms with Gasteiger partial charge in [0.05, 0.1) is 41.3 Å². The lowest BCUT2D eigenvalue weighted by Crippen LogP contribution is -2.36. The van der Waals surface area contributed by atoms with E-state index in [-0.39, 0.29) is 10.8 Å². The minimum Gasteiger partial charge on any atom is -0.494 e. The number of fused-ring (bicyclic) bond motifs is 1. The molecule has 0 radical (unpaired) electrons. The predicted octanol–water partition coefficient (Wildman–Crippen LogP) is 3.96. The van der Waals surface area contributed by atoms with Gasteiger partial charge in [-0.25, -0.2) is 23.1 Å². The van der Waals surface area contributed by atoms with Crippen LogP contribution < -0.4 is 9.62 Å². The SMILES string of the molecule is O=S(=O)(NCC1CC1)c1ccc2[nH]c(O)c(C(=Nc3ccc(N4CCOCC4)nc3)c3ccccc3)c2c1. The van der Waals surface area contributed by atoms with Gasteiger partial charge in [0.15, 0.2) is 5.88 Å². The van der Waals surface area contributed by atoms with Gasteiger partial charge in [0.2, 0.25) is 10.0 Å². The number of hydrogen-bond acceptors (Lipinski definition) is 7. The van der Waals surface area contributed by atoms with E-state index in [2.05, 4.69) is 19.6 Å². The fraction of sp³-hybridized carbons (Fsp3) is 0.286.